The van der Waals surface area contributed by atoms with Crippen LogP contribution in [0, 0.1) is 6.92 Å². The average molecular weight is 442 g/mol. The molecule has 3 aromatic carbocycles. The SMILES string of the molecule is Cc1ccccc1C(=O)c1ccc(Nc2ccccc2/C=C/CP(=O)(O)O)cc1Cl. The van der Waals surface area contributed by atoms with Crippen molar-refractivity contribution in [2.75, 3.05) is 11.5 Å². The highest BCUT2D eigenvalue weighted by molar-refractivity contribution is 7.51. The second kappa shape index (κ2) is 9.41. The second-order valence-electron chi connectivity index (χ2n) is 6.80. The zero-order chi connectivity index (χ0) is 21.7. The summed E-state index contributed by atoms with van der Waals surface area (Å²) in [5.74, 6) is -0.134. The molecule has 0 aromatic heterocycles. The van der Waals surface area contributed by atoms with Gasteiger partial charge in [-0.3, -0.25) is 9.36 Å². The van der Waals surface area contributed by atoms with Crippen LogP contribution in [0.15, 0.2) is 72.8 Å². The van der Waals surface area contributed by atoms with E-state index in [9.17, 15) is 9.36 Å². The largest absolute Gasteiger partial charge is 0.355 e. The number of carbonyl (C=O) groups excluding carboxylic acids is 1. The molecule has 0 radical (unpaired) electrons. The molecule has 0 heterocycles. The van der Waals surface area contributed by atoms with E-state index < -0.39 is 7.60 Å². The van der Waals surface area contributed by atoms with Crippen LogP contribution in [0.2, 0.25) is 5.02 Å². The summed E-state index contributed by atoms with van der Waals surface area (Å²) < 4.78 is 11.0. The third-order valence-electron chi connectivity index (χ3n) is 4.48. The lowest BCUT2D eigenvalue weighted by Gasteiger charge is -2.12. The zero-order valence-electron chi connectivity index (χ0n) is 16.2. The fourth-order valence-corrected chi connectivity index (χ4v) is 3.62. The number of para-hydroxylation sites is 1. The number of benzene rings is 3. The molecule has 30 heavy (non-hydrogen) atoms. The summed E-state index contributed by atoms with van der Waals surface area (Å²) >= 11 is 6.40. The number of ketones is 1. The van der Waals surface area contributed by atoms with Crippen molar-refractivity contribution < 1.29 is 19.1 Å². The van der Waals surface area contributed by atoms with E-state index in [0.717, 1.165) is 16.8 Å². The zero-order valence-corrected chi connectivity index (χ0v) is 17.9. The number of hydrogen-bond donors (Lipinski definition) is 3. The summed E-state index contributed by atoms with van der Waals surface area (Å²) in [5, 5.41) is 3.57. The highest BCUT2D eigenvalue weighted by Gasteiger charge is 2.15. The summed E-state index contributed by atoms with van der Waals surface area (Å²) in [7, 11) is -4.09. The van der Waals surface area contributed by atoms with Gasteiger partial charge in [0.1, 0.15) is 0 Å². The monoisotopic (exact) mass is 441 g/mol. The smallest absolute Gasteiger partial charge is 0.329 e. The van der Waals surface area contributed by atoms with Gasteiger partial charge in [0.25, 0.3) is 0 Å². The molecule has 0 fully saturated rings. The first-order valence-electron chi connectivity index (χ1n) is 9.21. The summed E-state index contributed by atoms with van der Waals surface area (Å²) in [5.41, 5.74) is 4.12. The molecule has 0 aliphatic carbocycles. The molecule has 154 valence electrons. The van der Waals surface area contributed by atoms with Crippen LogP contribution in [-0.4, -0.2) is 21.7 Å². The van der Waals surface area contributed by atoms with E-state index in [1.54, 1.807) is 30.3 Å². The first kappa shape index (κ1) is 22.0. The van der Waals surface area contributed by atoms with Crippen molar-refractivity contribution in [3.63, 3.8) is 0 Å². The van der Waals surface area contributed by atoms with Crippen LogP contribution in [0.25, 0.3) is 6.08 Å². The van der Waals surface area contributed by atoms with Crippen molar-refractivity contribution in [1.82, 2.24) is 0 Å². The van der Waals surface area contributed by atoms with Gasteiger partial charge >= 0.3 is 7.60 Å². The van der Waals surface area contributed by atoms with Crippen molar-refractivity contribution in [2.45, 2.75) is 6.92 Å². The lowest BCUT2D eigenvalue weighted by atomic mass is 9.99. The first-order valence-corrected chi connectivity index (χ1v) is 11.4. The van der Waals surface area contributed by atoms with Crippen LogP contribution in [-0.2, 0) is 4.57 Å². The number of hydrogen-bond acceptors (Lipinski definition) is 3. The maximum absolute atomic E-state index is 12.8. The van der Waals surface area contributed by atoms with Gasteiger partial charge in [-0.2, -0.15) is 0 Å². The van der Waals surface area contributed by atoms with Crippen LogP contribution in [0.5, 0.6) is 0 Å². The molecule has 0 saturated carbocycles. The number of aryl methyl sites for hydroxylation is 1. The summed E-state index contributed by atoms with van der Waals surface area (Å²) in [6.45, 7) is 1.88. The van der Waals surface area contributed by atoms with Crippen molar-refractivity contribution in [1.29, 1.82) is 0 Å². The Morgan fingerprint density at radius 1 is 1.03 bits per heavy atom. The Morgan fingerprint density at radius 3 is 2.43 bits per heavy atom. The van der Waals surface area contributed by atoms with E-state index in [-0.39, 0.29) is 11.9 Å². The Labute approximate surface area is 180 Å². The van der Waals surface area contributed by atoms with Gasteiger partial charge in [-0.1, -0.05) is 66.2 Å². The minimum atomic E-state index is -4.09. The number of allylic oxidation sites excluding steroid dienone is 1. The molecule has 0 amide bonds. The standard InChI is InChI=1S/C23H21ClNO4P/c1-16-7-2-4-10-19(16)23(26)20-13-12-18(15-21(20)24)25-22-11-5-3-8-17(22)9-6-14-30(27,28)29/h2-13,15,25H,14H2,1H3,(H2,27,28,29)/b9-6+. The fourth-order valence-electron chi connectivity index (χ4n) is 2.98. The Balaban J connectivity index is 1.83. The van der Waals surface area contributed by atoms with E-state index in [1.165, 1.54) is 6.08 Å². The fraction of sp³-hybridized carbons (Fsp3) is 0.0870. The molecule has 0 aliphatic heterocycles. The molecule has 0 unspecified atom stereocenters. The topological polar surface area (TPSA) is 86.6 Å². The molecule has 0 atom stereocenters. The van der Waals surface area contributed by atoms with E-state index in [1.807, 2.05) is 49.4 Å². The van der Waals surface area contributed by atoms with Crippen LogP contribution in [0.1, 0.15) is 27.0 Å². The molecule has 0 saturated heterocycles. The molecule has 0 bridgehead atoms. The predicted octanol–water partition coefficient (Wildman–Crippen LogP) is 5.81. The van der Waals surface area contributed by atoms with Crippen LogP contribution < -0.4 is 5.32 Å². The quantitative estimate of drug-likeness (QED) is 0.318. The Bertz CT molecular complexity index is 1150. The molecular formula is C23H21ClNO4P. The average Bonchev–Trinajstić information content (AvgIpc) is 2.68. The normalized spacial score (nSPS) is 11.6. The molecule has 0 aliphatic rings. The highest BCUT2D eigenvalue weighted by Crippen LogP contribution is 2.34. The third kappa shape index (κ3) is 5.68. The van der Waals surface area contributed by atoms with Crippen molar-refractivity contribution in [3.8, 4) is 0 Å². The lowest BCUT2D eigenvalue weighted by Crippen LogP contribution is -2.05. The molecule has 0 spiro atoms. The number of anilines is 2. The van der Waals surface area contributed by atoms with Crippen molar-refractivity contribution >= 4 is 42.4 Å². The van der Waals surface area contributed by atoms with Crippen molar-refractivity contribution in [2.24, 2.45) is 0 Å². The highest BCUT2D eigenvalue weighted by atomic mass is 35.5. The van der Waals surface area contributed by atoms with Gasteiger partial charge in [-0.25, -0.2) is 0 Å². The number of carbonyl (C=O) groups is 1. The third-order valence-corrected chi connectivity index (χ3v) is 5.48. The summed E-state index contributed by atoms with van der Waals surface area (Å²) in [4.78, 5) is 30.8. The maximum atomic E-state index is 12.8. The first-order chi connectivity index (χ1) is 14.2. The van der Waals surface area contributed by atoms with Crippen LogP contribution in [0.3, 0.4) is 0 Å². The van der Waals surface area contributed by atoms with Gasteiger partial charge in [0.2, 0.25) is 0 Å². The van der Waals surface area contributed by atoms with Gasteiger partial charge in [-0.05, 0) is 42.3 Å². The minimum absolute atomic E-state index is 0.134. The van der Waals surface area contributed by atoms with Crippen LogP contribution >= 0.6 is 19.2 Å². The minimum Gasteiger partial charge on any atom is -0.355 e. The molecule has 3 aromatic rings. The lowest BCUT2D eigenvalue weighted by molar-refractivity contribution is 0.103. The molecule has 7 heteroatoms. The molecule has 5 nitrogen and oxygen atoms in total. The van der Waals surface area contributed by atoms with Gasteiger partial charge in [0.15, 0.2) is 5.78 Å². The Kier molecular flexibility index (Phi) is 6.91. The predicted molar refractivity (Wildman–Crippen MR) is 122 cm³/mol. The Hall–Kier alpha value is -2.69. The van der Waals surface area contributed by atoms with Crippen molar-refractivity contribution in [3.05, 3.63) is 100 Å². The van der Waals surface area contributed by atoms with E-state index >= 15 is 0 Å². The molecular weight excluding hydrogens is 421 g/mol. The number of nitrogens with one attached hydrogen (secondary N) is 1. The van der Waals surface area contributed by atoms with Gasteiger partial charge in [-0.15, -0.1) is 0 Å². The molecule has 3 N–H and O–H groups in total. The maximum Gasteiger partial charge on any atom is 0.329 e. The van der Waals surface area contributed by atoms with E-state index in [0.29, 0.717) is 21.8 Å². The summed E-state index contributed by atoms with van der Waals surface area (Å²) in [6, 6.07) is 19.9. The van der Waals surface area contributed by atoms with Gasteiger partial charge in [0.05, 0.1) is 11.2 Å². The number of rotatable bonds is 7. The number of halogens is 1. The van der Waals surface area contributed by atoms with Gasteiger partial charge < -0.3 is 15.1 Å². The van der Waals surface area contributed by atoms with Crippen LogP contribution in [0.4, 0.5) is 11.4 Å². The van der Waals surface area contributed by atoms with E-state index in [4.69, 9.17) is 21.4 Å². The van der Waals surface area contributed by atoms with Gasteiger partial charge in [0, 0.05) is 22.5 Å². The Morgan fingerprint density at radius 2 is 1.73 bits per heavy atom. The second-order valence-corrected chi connectivity index (χ2v) is 8.90. The van der Waals surface area contributed by atoms with E-state index in [2.05, 4.69) is 5.32 Å². The molecule has 3 rings (SSSR count). The summed E-state index contributed by atoms with van der Waals surface area (Å²) in [6.07, 6.45) is 2.76.